The second-order valence-electron chi connectivity index (χ2n) is 7.00. The van der Waals surface area contributed by atoms with E-state index < -0.39 is 5.97 Å². The Hall–Kier alpha value is -1.82. The van der Waals surface area contributed by atoms with Crippen LogP contribution in [0.25, 0.3) is 0 Å². The predicted octanol–water partition coefficient (Wildman–Crippen LogP) is 4.08. The van der Waals surface area contributed by atoms with Gasteiger partial charge in [0.25, 0.3) is 5.56 Å². The van der Waals surface area contributed by atoms with Crippen LogP contribution >= 0.6 is 23.2 Å². The van der Waals surface area contributed by atoms with Crippen LogP contribution in [0.2, 0.25) is 10.0 Å². The minimum atomic E-state index is -0.958. The Bertz CT molecular complexity index is 889. The van der Waals surface area contributed by atoms with Gasteiger partial charge in [0, 0.05) is 19.1 Å². The lowest BCUT2D eigenvalue weighted by molar-refractivity contribution is 0.0697. The van der Waals surface area contributed by atoms with Crippen LogP contribution in [-0.2, 0) is 19.5 Å². The van der Waals surface area contributed by atoms with Crippen molar-refractivity contribution < 1.29 is 9.90 Å². The number of carboxylic acid groups (broad SMARTS) is 1. The van der Waals surface area contributed by atoms with Crippen LogP contribution in [0.3, 0.4) is 0 Å². The maximum Gasteiger partial charge on any atom is 0.335 e. The summed E-state index contributed by atoms with van der Waals surface area (Å²) in [4.78, 5) is 25.8. The zero-order valence-corrected chi connectivity index (χ0v) is 16.6. The fourth-order valence-electron chi connectivity index (χ4n) is 3.28. The first-order valence-electron chi connectivity index (χ1n) is 8.97. The molecule has 1 aromatic heterocycles. The van der Waals surface area contributed by atoms with Crippen LogP contribution in [0.1, 0.15) is 40.9 Å². The summed E-state index contributed by atoms with van der Waals surface area (Å²) >= 11 is 12.5. The summed E-state index contributed by atoms with van der Waals surface area (Å²) in [5.74, 6) is -0.958. The number of aromatic carboxylic acids is 1. The first-order chi connectivity index (χ1) is 12.9. The molecule has 5 nitrogen and oxygen atoms in total. The summed E-state index contributed by atoms with van der Waals surface area (Å²) in [6, 6.07) is 8.71. The van der Waals surface area contributed by atoms with Crippen molar-refractivity contribution in [1.82, 2.24) is 9.47 Å². The van der Waals surface area contributed by atoms with Crippen molar-refractivity contribution in [3.05, 3.63) is 67.6 Å². The molecule has 1 aromatic carbocycles. The Morgan fingerprint density at radius 1 is 1.22 bits per heavy atom. The molecule has 1 N–H and O–H groups in total. The summed E-state index contributed by atoms with van der Waals surface area (Å²) in [6.07, 6.45) is 4.16. The van der Waals surface area contributed by atoms with E-state index >= 15 is 0 Å². The zero-order valence-electron chi connectivity index (χ0n) is 15.1. The SMILES string of the molecule is CN(Cc1c(Cl)cc(Cl)c(=O)n1CCc1ccc(C(=O)O)cc1)C1CCC1. The minimum absolute atomic E-state index is 0.108. The molecule has 1 saturated carbocycles. The molecular weight excluding hydrogens is 387 g/mol. The Labute approximate surface area is 168 Å². The normalized spacial score (nSPS) is 14.4. The van der Waals surface area contributed by atoms with E-state index in [2.05, 4.69) is 4.90 Å². The number of aromatic nitrogens is 1. The van der Waals surface area contributed by atoms with Crippen molar-refractivity contribution >= 4 is 29.2 Å². The van der Waals surface area contributed by atoms with Gasteiger partial charge in [0.15, 0.2) is 0 Å². The molecule has 0 radical (unpaired) electrons. The molecule has 1 aliphatic rings. The first kappa shape index (κ1) is 19.9. The summed E-state index contributed by atoms with van der Waals surface area (Å²) in [7, 11) is 2.05. The van der Waals surface area contributed by atoms with Gasteiger partial charge in [-0.15, -0.1) is 0 Å². The van der Waals surface area contributed by atoms with Gasteiger partial charge >= 0.3 is 5.97 Å². The monoisotopic (exact) mass is 408 g/mol. The molecule has 1 fully saturated rings. The van der Waals surface area contributed by atoms with Crippen LogP contribution in [-0.4, -0.2) is 33.6 Å². The average Bonchev–Trinajstić information content (AvgIpc) is 2.58. The molecule has 0 amide bonds. The lowest BCUT2D eigenvalue weighted by atomic mass is 9.92. The minimum Gasteiger partial charge on any atom is -0.478 e. The fraction of sp³-hybridized carbons (Fsp3) is 0.400. The Morgan fingerprint density at radius 2 is 1.89 bits per heavy atom. The van der Waals surface area contributed by atoms with Crippen molar-refractivity contribution in [3.8, 4) is 0 Å². The van der Waals surface area contributed by atoms with E-state index in [0.29, 0.717) is 30.6 Å². The van der Waals surface area contributed by atoms with Gasteiger partial charge in [-0.2, -0.15) is 0 Å². The highest BCUT2D eigenvalue weighted by Crippen LogP contribution is 2.27. The van der Waals surface area contributed by atoms with Crippen molar-refractivity contribution in [2.45, 2.75) is 44.8 Å². The van der Waals surface area contributed by atoms with Crippen LogP contribution in [0.15, 0.2) is 35.1 Å². The molecule has 0 saturated heterocycles. The topological polar surface area (TPSA) is 62.5 Å². The number of aryl methyl sites for hydroxylation is 1. The fourth-order valence-corrected chi connectivity index (χ4v) is 3.82. The molecule has 0 bridgehead atoms. The maximum atomic E-state index is 12.6. The number of carboxylic acids is 1. The molecule has 1 heterocycles. The molecular formula is C20H22Cl2N2O3. The van der Waals surface area contributed by atoms with E-state index in [1.54, 1.807) is 28.8 Å². The van der Waals surface area contributed by atoms with E-state index in [4.69, 9.17) is 28.3 Å². The predicted molar refractivity (Wildman–Crippen MR) is 107 cm³/mol. The number of benzene rings is 1. The number of hydrogen-bond acceptors (Lipinski definition) is 3. The number of pyridine rings is 1. The molecule has 3 rings (SSSR count). The summed E-state index contributed by atoms with van der Waals surface area (Å²) in [5.41, 5.74) is 1.70. The van der Waals surface area contributed by atoms with E-state index in [9.17, 15) is 9.59 Å². The number of carbonyl (C=O) groups is 1. The third-order valence-corrected chi connectivity index (χ3v) is 5.82. The number of halogens is 2. The molecule has 1 aliphatic carbocycles. The molecule has 0 atom stereocenters. The summed E-state index contributed by atoms with van der Waals surface area (Å²) in [6.45, 7) is 1.02. The Balaban J connectivity index is 1.82. The van der Waals surface area contributed by atoms with E-state index in [-0.39, 0.29) is 16.1 Å². The zero-order chi connectivity index (χ0) is 19.6. The van der Waals surface area contributed by atoms with Gasteiger partial charge < -0.3 is 9.67 Å². The van der Waals surface area contributed by atoms with Crippen molar-refractivity contribution in [2.75, 3.05) is 7.05 Å². The second-order valence-corrected chi connectivity index (χ2v) is 7.81. The maximum absolute atomic E-state index is 12.6. The largest absolute Gasteiger partial charge is 0.478 e. The smallest absolute Gasteiger partial charge is 0.335 e. The van der Waals surface area contributed by atoms with Crippen molar-refractivity contribution in [1.29, 1.82) is 0 Å². The molecule has 2 aromatic rings. The van der Waals surface area contributed by atoms with Crippen molar-refractivity contribution in [3.63, 3.8) is 0 Å². The van der Waals surface area contributed by atoms with Crippen LogP contribution in [0, 0.1) is 0 Å². The van der Waals surface area contributed by atoms with Gasteiger partial charge in [-0.25, -0.2) is 4.79 Å². The van der Waals surface area contributed by atoms with E-state index in [1.165, 1.54) is 25.3 Å². The Kier molecular flexibility index (Phi) is 6.25. The molecule has 144 valence electrons. The van der Waals surface area contributed by atoms with Gasteiger partial charge in [-0.1, -0.05) is 41.8 Å². The third-order valence-electron chi connectivity index (χ3n) is 5.23. The van der Waals surface area contributed by atoms with Gasteiger partial charge in [0.1, 0.15) is 5.02 Å². The highest BCUT2D eigenvalue weighted by Gasteiger charge is 2.24. The Morgan fingerprint density at radius 3 is 2.44 bits per heavy atom. The molecule has 0 aliphatic heterocycles. The standard InChI is InChI=1S/C20H22Cl2N2O3/c1-23(15-3-2-4-15)12-18-16(21)11-17(22)19(25)24(18)10-9-13-5-7-14(8-6-13)20(26)27/h5-8,11,15H,2-4,9-10,12H2,1H3,(H,26,27). The quantitative estimate of drug-likeness (QED) is 0.749. The molecule has 27 heavy (non-hydrogen) atoms. The number of hydrogen-bond donors (Lipinski definition) is 1. The van der Waals surface area contributed by atoms with Crippen molar-refractivity contribution in [2.24, 2.45) is 0 Å². The van der Waals surface area contributed by atoms with Crippen LogP contribution in [0.5, 0.6) is 0 Å². The molecule has 7 heteroatoms. The first-order valence-corrected chi connectivity index (χ1v) is 9.72. The van der Waals surface area contributed by atoms with Crippen LogP contribution < -0.4 is 5.56 Å². The van der Waals surface area contributed by atoms with Gasteiger partial charge in [0.05, 0.1) is 16.3 Å². The summed E-state index contributed by atoms with van der Waals surface area (Å²) in [5, 5.41) is 9.59. The van der Waals surface area contributed by atoms with Gasteiger partial charge in [-0.05, 0) is 50.1 Å². The summed E-state index contributed by atoms with van der Waals surface area (Å²) < 4.78 is 1.64. The van der Waals surface area contributed by atoms with Crippen LogP contribution in [0.4, 0.5) is 0 Å². The highest BCUT2D eigenvalue weighted by atomic mass is 35.5. The second kappa shape index (κ2) is 8.46. The van der Waals surface area contributed by atoms with E-state index in [0.717, 1.165) is 11.3 Å². The lowest BCUT2D eigenvalue weighted by Gasteiger charge is -2.35. The average molecular weight is 409 g/mol. The molecule has 0 unspecified atom stereocenters. The number of rotatable bonds is 7. The highest BCUT2D eigenvalue weighted by molar-refractivity contribution is 6.34. The number of nitrogens with zero attached hydrogens (tertiary/aromatic N) is 2. The third kappa shape index (κ3) is 4.54. The van der Waals surface area contributed by atoms with Gasteiger partial charge in [-0.3, -0.25) is 9.69 Å². The van der Waals surface area contributed by atoms with Gasteiger partial charge in [0.2, 0.25) is 0 Å². The lowest BCUT2D eigenvalue weighted by Crippen LogP contribution is -2.38. The van der Waals surface area contributed by atoms with E-state index in [1.807, 2.05) is 7.05 Å². The molecule has 0 spiro atoms.